The number of piperidine rings is 1. The van der Waals surface area contributed by atoms with E-state index in [1.807, 2.05) is 45.0 Å². The van der Waals surface area contributed by atoms with Crippen LogP contribution in [0.3, 0.4) is 0 Å². The molecule has 0 bridgehead atoms. The van der Waals surface area contributed by atoms with Crippen molar-refractivity contribution in [1.82, 2.24) is 10.2 Å². The van der Waals surface area contributed by atoms with Crippen LogP contribution in [-0.4, -0.2) is 42.6 Å². The SMILES string of the molecule is CNC(=O)CC1CCN(C(=O)Nc2ccc(OC(C)(C)C)cc2)CC1. The molecule has 3 amide bonds. The average Bonchev–Trinajstić information content (AvgIpc) is 2.56. The normalized spacial score (nSPS) is 15.6. The maximum absolute atomic E-state index is 12.4. The molecule has 0 radical (unpaired) electrons. The minimum Gasteiger partial charge on any atom is -0.488 e. The van der Waals surface area contributed by atoms with E-state index < -0.39 is 0 Å². The van der Waals surface area contributed by atoms with Crippen LogP contribution in [0.15, 0.2) is 24.3 Å². The number of hydrogen-bond donors (Lipinski definition) is 2. The highest BCUT2D eigenvalue weighted by Gasteiger charge is 2.24. The van der Waals surface area contributed by atoms with Crippen LogP contribution in [0, 0.1) is 5.92 Å². The van der Waals surface area contributed by atoms with Gasteiger partial charge in [-0.3, -0.25) is 4.79 Å². The van der Waals surface area contributed by atoms with E-state index in [1.54, 1.807) is 11.9 Å². The highest BCUT2D eigenvalue weighted by molar-refractivity contribution is 5.89. The minimum atomic E-state index is -0.246. The zero-order chi connectivity index (χ0) is 18.4. The molecule has 0 unspecified atom stereocenters. The van der Waals surface area contributed by atoms with Gasteiger partial charge in [0.05, 0.1) is 0 Å². The molecule has 2 N–H and O–H groups in total. The summed E-state index contributed by atoms with van der Waals surface area (Å²) in [4.78, 5) is 25.6. The number of likely N-dealkylation sites (tertiary alicyclic amines) is 1. The molecule has 1 aliphatic heterocycles. The Hall–Kier alpha value is -2.24. The zero-order valence-corrected chi connectivity index (χ0v) is 15.6. The number of urea groups is 1. The summed E-state index contributed by atoms with van der Waals surface area (Å²) in [5.74, 6) is 1.21. The molecule has 0 aliphatic carbocycles. The number of ether oxygens (including phenoxy) is 1. The summed E-state index contributed by atoms with van der Waals surface area (Å²) in [6.07, 6.45) is 2.26. The molecule has 1 aromatic carbocycles. The van der Waals surface area contributed by atoms with E-state index in [9.17, 15) is 9.59 Å². The van der Waals surface area contributed by atoms with Crippen LogP contribution in [0.5, 0.6) is 5.75 Å². The second kappa shape index (κ2) is 8.23. The van der Waals surface area contributed by atoms with Crippen molar-refractivity contribution in [3.8, 4) is 5.75 Å². The summed E-state index contributed by atoms with van der Waals surface area (Å²) >= 11 is 0. The maximum Gasteiger partial charge on any atom is 0.321 e. The van der Waals surface area contributed by atoms with Gasteiger partial charge in [0.2, 0.25) is 5.91 Å². The number of nitrogens with one attached hydrogen (secondary N) is 2. The van der Waals surface area contributed by atoms with Gasteiger partial charge in [0, 0.05) is 32.2 Å². The van der Waals surface area contributed by atoms with Crippen molar-refractivity contribution < 1.29 is 14.3 Å². The van der Waals surface area contributed by atoms with Gasteiger partial charge in [0.25, 0.3) is 0 Å². The van der Waals surface area contributed by atoms with Gasteiger partial charge in [-0.2, -0.15) is 0 Å². The smallest absolute Gasteiger partial charge is 0.321 e. The summed E-state index contributed by atoms with van der Waals surface area (Å²) in [6.45, 7) is 7.35. The fourth-order valence-electron chi connectivity index (χ4n) is 2.87. The van der Waals surface area contributed by atoms with Crippen LogP contribution in [0.2, 0.25) is 0 Å². The lowest BCUT2D eigenvalue weighted by Crippen LogP contribution is -2.41. The third-order valence-electron chi connectivity index (χ3n) is 4.18. The van der Waals surface area contributed by atoms with Crippen LogP contribution >= 0.6 is 0 Å². The van der Waals surface area contributed by atoms with Gasteiger partial charge >= 0.3 is 6.03 Å². The van der Waals surface area contributed by atoms with Crippen molar-refractivity contribution in [3.63, 3.8) is 0 Å². The van der Waals surface area contributed by atoms with Crippen molar-refractivity contribution in [1.29, 1.82) is 0 Å². The summed E-state index contributed by atoms with van der Waals surface area (Å²) in [7, 11) is 1.66. The third-order valence-corrected chi connectivity index (χ3v) is 4.18. The summed E-state index contributed by atoms with van der Waals surface area (Å²) in [5.41, 5.74) is 0.503. The fraction of sp³-hybridized carbons (Fsp3) is 0.579. The quantitative estimate of drug-likeness (QED) is 0.878. The molecule has 25 heavy (non-hydrogen) atoms. The van der Waals surface area contributed by atoms with Crippen LogP contribution in [-0.2, 0) is 4.79 Å². The average molecular weight is 347 g/mol. The molecule has 6 nitrogen and oxygen atoms in total. The molecule has 1 heterocycles. The molecule has 2 rings (SSSR count). The fourth-order valence-corrected chi connectivity index (χ4v) is 2.87. The van der Waals surface area contributed by atoms with E-state index in [0.29, 0.717) is 25.4 Å². The predicted molar refractivity (Wildman–Crippen MR) is 98.8 cm³/mol. The number of benzene rings is 1. The second-order valence-electron chi connectivity index (χ2n) is 7.48. The first-order valence-corrected chi connectivity index (χ1v) is 8.82. The standard InChI is InChI=1S/C19H29N3O3/c1-19(2,3)25-16-7-5-15(6-8-16)21-18(24)22-11-9-14(10-12-22)13-17(23)20-4/h5-8,14H,9-13H2,1-4H3,(H,20,23)(H,21,24). The molecule has 0 spiro atoms. The molecule has 0 saturated carbocycles. The largest absolute Gasteiger partial charge is 0.488 e. The maximum atomic E-state index is 12.4. The highest BCUT2D eigenvalue weighted by Crippen LogP contribution is 2.23. The van der Waals surface area contributed by atoms with Crippen molar-refractivity contribution in [3.05, 3.63) is 24.3 Å². The van der Waals surface area contributed by atoms with Gasteiger partial charge in [-0.25, -0.2) is 4.79 Å². The van der Waals surface area contributed by atoms with Crippen molar-refractivity contribution in [2.75, 3.05) is 25.5 Å². The summed E-state index contributed by atoms with van der Waals surface area (Å²) < 4.78 is 5.77. The Kier molecular flexibility index (Phi) is 6.28. The first kappa shape index (κ1) is 19.1. The highest BCUT2D eigenvalue weighted by atomic mass is 16.5. The molecule has 138 valence electrons. The Morgan fingerprint density at radius 1 is 1.16 bits per heavy atom. The molecule has 1 fully saturated rings. The van der Waals surface area contributed by atoms with Crippen LogP contribution in [0.1, 0.15) is 40.0 Å². The van der Waals surface area contributed by atoms with E-state index in [2.05, 4.69) is 10.6 Å². The first-order valence-electron chi connectivity index (χ1n) is 8.82. The molecule has 0 atom stereocenters. The van der Waals surface area contributed by atoms with E-state index in [4.69, 9.17) is 4.74 Å². The molecular formula is C19H29N3O3. The topological polar surface area (TPSA) is 70.7 Å². The first-order chi connectivity index (χ1) is 11.8. The molecule has 1 aromatic rings. The molecule has 0 aromatic heterocycles. The lowest BCUT2D eigenvalue weighted by atomic mass is 9.93. The van der Waals surface area contributed by atoms with Gasteiger partial charge in [-0.15, -0.1) is 0 Å². The van der Waals surface area contributed by atoms with Crippen molar-refractivity contribution >= 4 is 17.6 Å². The lowest BCUT2D eigenvalue weighted by Gasteiger charge is -2.31. The molecule has 6 heteroatoms. The van der Waals surface area contributed by atoms with Crippen LogP contribution in [0.4, 0.5) is 10.5 Å². The van der Waals surface area contributed by atoms with E-state index >= 15 is 0 Å². The Labute approximate surface area is 149 Å². The van der Waals surface area contributed by atoms with Crippen LogP contribution in [0.25, 0.3) is 0 Å². The number of rotatable bonds is 4. The number of carbonyl (C=O) groups excluding carboxylic acids is 2. The van der Waals surface area contributed by atoms with Crippen molar-refractivity contribution in [2.45, 2.75) is 45.6 Å². The van der Waals surface area contributed by atoms with Crippen LogP contribution < -0.4 is 15.4 Å². The van der Waals surface area contributed by atoms with Crippen molar-refractivity contribution in [2.24, 2.45) is 5.92 Å². The minimum absolute atomic E-state index is 0.0699. The number of carbonyl (C=O) groups is 2. The van der Waals surface area contributed by atoms with E-state index in [0.717, 1.165) is 24.3 Å². The van der Waals surface area contributed by atoms with Gasteiger partial charge in [-0.05, 0) is 63.8 Å². The lowest BCUT2D eigenvalue weighted by molar-refractivity contribution is -0.121. The van der Waals surface area contributed by atoms with Gasteiger partial charge in [-0.1, -0.05) is 0 Å². The number of anilines is 1. The Bertz CT molecular complexity index is 585. The van der Waals surface area contributed by atoms with E-state index in [-0.39, 0.29) is 17.5 Å². The van der Waals surface area contributed by atoms with Gasteiger partial charge in [0.15, 0.2) is 0 Å². The molecule has 1 saturated heterocycles. The summed E-state index contributed by atoms with van der Waals surface area (Å²) in [5, 5.41) is 5.58. The van der Waals surface area contributed by atoms with Gasteiger partial charge in [0.1, 0.15) is 11.4 Å². The van der Waals surface area contributed by atoms with Gasteiger partial charge < -0.3 is 20.3 Å². The number of nitrogens with zero attached hydrogens (tertiary/aromatic N) is 1. The monoisotopic (exact) mass is 347 g/mol. The molecular weight excluding hydrogens is 318 g/mol. The molecule has 1 aliphatic rings. The second-order valence-corrected chi connectivity index (χ2v) is 7.48. The number of amides is 3. The zero-order valence-electron chi connectivity index (χ0n) is 15.6. The Morgan fingerprint density at radius 2 is 1.76 bits per heavy atom. The predicted octanol–water partition coefficient (Wildman–Crippen LogP) is 3.24. The van der Waals surface area contributed by atoms with E-state index in [1.165, 1.54) is 0 Å². The Balaban J connectivity index is 1.81. The third kappa shape index (κ3) is 6.29. The Morgan fingerprint density at radius 3 is 2.28 bits per heavy atom. The summed E-state index contributed by atoms with van der Waals surface area (Å²) in [6, 6.07) is 7.31. The number of hydrogen-bond acceptors (Lipinski definition) is 3.